The normalized spacial score (nSPS) is 12.0. The van der Waals surface area contributed by atoms with Crippen LogP contribution in [-0.2, 0) is 31.3 Å². The zero-order valence-corrected chi connectivity index (χ0v) is 32.2. The van der Waals surface area contributed by atoms with Gasteiger partial charge in [-0.2, -0.15) is 17.2 Å². The number of fused-ring (bicyclic) bond motifs is 3. The van der Waals surface area contributed by atoms with Crippen molar-refractivity contribution in [2.75, 3.05) is 0 Å². The summed E-state index contributed by atoms with van der Waals surface area (Å²) >= 11 is 0. The molecule has 0 N–H and O–H groups in total. The number of hydrogen-bond donors (Lipinski definition) is 0. The van der Waals surface area contributed by atoms with E-state index < -0.39 is 0 Å². The number of pyridine rings is 1. The van der Waals surface area contributed by atoms with E-state index >= 15 is 0 Å². The number of ether oxygens (including phenoxy) is 1. The summed E-state index contributed by atoms with van der Waals surface area (Å²) in [4.78, 5) is 4.71. The van der Waals surface area contributed by atoms with Crippen LogP contribution in [0.15, 0.2) is 85.1 Å². The molecular formula is C44H44N4OPd. The maximum absolute atomic E-state index is 6.46. The maximum Gasteiger partial charge on any atom is 2.00 e. The number of aryl methyl sites for hydroxylation is 3. The molecule has 0 atom stereocenters. The Balaban J connectivity index is 0.00000432. The second-order valence-corrected chi connectivity index (χ2v) is 15.3. The number of rotatable bonds is 5. The molecule has 0 radical (unpaired) electrons. The third-order valence-corrected chi connectivity index (χ3v) is 9.44. The second kappa shape index (κ2) is 13.0. The summed E-state index contributed by atoms with van der Waals surface area (Å²) in [5.41, 5.74) is 12.5. The second-order valence-electron chi connectivity index (χ2n) is 15.3. The Morgan fingerprint density at radius 2 is 1.44 bits per heavy atom. The molecule has 7 rings (SSSR count). The van der Waals surface area contributed by atoms with Crippen LogP contribution >= 0.6 is 0 Å². The van der Waals surface area contributed by atoms with Crippen molar-refractivity contribution in [3.05, 3.63) is 131 Å². The fraction of sp³-hybridized carbons (Fsp3) is 0.273. The number of nitrogens with zero attached hydrogens (tertiary/aromatic N) is 4. The van der Waals surface area contributed by atoms with Crippen molar-refractivity contribution < 1.29 is 25.2 Å². The minimum atomic E-state index is -0.0407. The molecule has 0 fully saturated rings. The Morgan fingerprint density at radius 3 is 2.16 bits per heavy atom. The number of aromatic nitrogens is 4. The molecule has 6 heteroatoms. The van der Waals surface area contributed by atoms with Crippen LogP contribution in [0.25, 0.3) is 44.4 Å². The molecule has 50 heavy (non-hydrogen) atoms. The summed E-state index contributed by atoms with van der Waals surface area (Å²) in [6.07, 6.45) is 1.85. The van der Waals surface area contributed by atoms with Crippen LogP contribution in [0.4, 0.5) is 0 Å². The standard InChI is InChI=1S/C44H44N4O.Pd/c1-27-20-21-45-40(22-27)47-38-17-12-11-16-35(38)36-19-18-34(26-39(36)47)49-33-15-13-14-32(25-33)48-30(4)42(29(3)46-48)41-28(2)23-31(43(5,6)7)24-37(41)44(8,9)10;/h11-24H,1-10H3;/q-2;+2. The first-order valence-electron chi connectivity index (χ1n) is 17.0. The topological polar surface area (TPSA) is 44.9 Å². The van der Waals surface area contributed by atoms with Gasteiger partial charge in [0.1, 0.15) is 5.82 Å². The number of para-hydroxylation sites is 1. The van der Waals surface area contributed by atoms with Crippen molar-refractivity contribution in [3.8, 4) is 34.1 Å². The SMILES string of the molecule is Cc1ccnc(-n2c3[c-]c(Oc4[c-]c(-n5nc(C)c(-c6c(C)cc(C(C)(C)C)cc6C(C)(C)C)c5C)ccc4)ccc3c3ccccc32)c1.[Pd+2]. The first-order valence-corrected chi connectivity index (χ1v) is 17.0. The van der Waals surface area contributed by atoms with E-state index in [0.717, 1.165) is 50.3 Å². The molecule has 5 nitrogen and oxygen atoms in total. The Bertz CT molecular complexity index is 2380. The van der Waals surface area contributed by atoms with Gasteiger partial charge in [0.15, 0.2) is 0 Å². The van der Waals surface area contributed by atoms with E-state index in [1.807, 2.05) is 41.2 Å². The summed E-state index contributed by atoms with van der Waals surface area (Å²) in [5.74, 6) is 2.06. The van der Waals surface area contributed by atoms with Crippen LogP contribution in [-0.4, -0.2) is 19.3 Å². The van der Waals surface area contributed by atoms with E-state index in [1.54, 1.807) is 0 Å². The zero-order chi connectivity index (χ0) is 34.8. The van der Waals surface area contributed by atoms with Gasteiger partial charge in [-0.1, -0.05) is 77.4 Å². The van der Waals surface area contributed by atoms with Crippen molar-refractivity contribution in [2.24, 2.45) is 0 Å². The molecule has 4 aromatic carbocycles. The Kier molecular flexibility index (Phi) is 9.18. The fourth-order valence-corrected chi connectivity index (χ4v) is 6.93. The molecule has 0 spiro atoms. The van der Waals surface area contributed by atoms with Gasteiger partial charge >= 0.3 is 20.4 Å². The van der Waals surface area contributed by atoms with Crippen molar-refractivity contribution in [2.45, 2.75) is 80.1 Å². The van der Waals surface area contributed by atoms with Gasteiger partial charge in [0.25, 0.3) is 0 Å². The van der Waals surface area contributed by atoms with Crippen LogP contribution in [0.1, 0.15) is 75.2 Å². The molecule has 0 aliphatic carbocycles. The average Bonchev–Trinajstić information content (AvgIpc) is 3.52. The number of benzene rings is 4. The summed E-state index contributed by atoms with van der Waals surface area (Å²) in [6.45, 7) is 22.3. The van der Waals surface area contributed by atoms with Crippen LogP contribution < -0.4 is 4.74 Å². The molecule has 7 aromatic rings. The molecule has 0 saturated carbocycles. The molecule has 0 aliphatic heterocycles. The first-order chi connectivity index (χ1) is 23.2. The van der Waals surface area contributed by atoms with E-state index in [9.17, 15) is 0 Å². The minimum absolute atomic E-state index is 0. The molecular weight excluding hydrogens is 707 g/mol. The van der Waals surface area contributed by atoms with Gasteiger partial charge in [0.05, 0.1) is 5.69 Å². The van der Waals surface area contributed by atoms with Crippen molar-refractivity contribution in [1.82, 2.24) is 19.3 Å². The molecule has 0 saturated heterocycles. The Labute approximate surface area is 310 Å². The third kappa shape index (κ3) is 6.32. The van der Waals surface area contributed by atoms with Crippen LogP contribution in [0.2, 0.25) is 0 Å². The third-order valence-electron chi connectivity index (χ3n) is 9.44. The van der Waals surface area contributed by atoms with Gasteiger partial charge < -0.3 is 9.30 Å². The zero-order valence-electron chi connectivity index (χ0n) is 30.6. The van der Waals surface area contributed by atoms with E-state index in [4.69, 9.17) is 14.8 Å². The van der Waals surface area contributed by atoms with Crippen LogP contribution in [0.3, 0.4) is 0 Å². The summed E-state index contributed by atoms with van der Waals surface area (Å²) in [6, 6.07) is 34.3. The Morgan fingerprint density at radius 1 is 0.700 bits per heavy atom. The molecule has 0 amide bonds. The van der Waals surface area contributed by atoms with Gasteiger partial charge in [-0.05, 0) is 95.6 Å². The predicted octanol–water partition coefficient (Wildman–Crippen LogP) is 11.3. The Hall–Kier alpha value is -4.50. The monoisotopic (exact) mass is 750 g/mol. The molecule has 0 aliphatic rings. The van der Waals surface area contributed by atoms with Gasteiger partial charge in [0, 0.05) is 34.5 Å². The van der Waals surface area contributed by atoms with Gasteiger partial charge in [-0.15, -0.1) is 35.7 Å². The van der Waals surface area contributed by atoms with Crippen LogP contribution in [0, 0.1) is 39.8 Å². The number of hydrogen-bond acceptors (Lipinski definition) is 3. The summed E-state index contributed by atoms with van der Waals surface area (Å²) < 4.78 is 10.6. The molecule has 0 bridgehead atoms. The first kappa shape index (κ1) is 35.3. The maximum atomic E-state index is 6.46. The average molecular weight is 751 g/mol. The largest absolute Gasteiger partial charge is 2.00 e. The van der Waals surface area contributed by atoms with Crippen molar-refractivity contribution in [1.29, 1.82) is 0 Å². The van der Waals surface area contributed by atoms with Gasteiger partial charge in [-0.25, -0.2) is 4.98 Å². The molecule has 3 aromatic heterocycles. The minimum Gasteiger partial charge on any atom is -0.509 e. The molecule has 256 valence electrons. The summed E-state index contributed by atoms with van der Waals surface area (Å²) in [5, 5.41) is 7.32. The molecule has 3 heterocycles. The van der Waals surface area contributed by atoms with E-state index in [-0.39, 0.29) is 31.3 Å². The van der Waals surface area contributed by atoms with E-state index in [2.05, 4.69) is 134 Å². The van der Waals surface area contributed by atoms with Gasteiger partial charge in [0.2, 0.25) is 0 Å². The van der Waals surface area contributed by atoms with Crippen molar-refractivity contribution >= 4 is 21.8 Å². The van der Waals surface area contributed by atoms with Gasteiger partial charge in [-0.3, -0.25) is 4.68 Å². The predicted molar refractivity (Wildman–Crippen MR) is 202 cm³/mol. The smallest absolute Gasteiger partial charge is 0.509 e. The quantitative estimate of drug-likeness (QED) is 0.130. The van der Waals surface area contributed by atoms with Crippen molar-refractivity contribution in [3.63, 3.8) is 0 Å². The van der Waals surface area contributed by atoms with E-state index in [1.165, 1.54) is 27.8 Å². The van der Waals surface area contributed by atoms with E-state index in [0.29, 0.717) is 11.5 Å². The molecule has 0 unspecified atom stereocenters. The van der Waals surface area contributed by atoms with Crippen LogP contribution in [0.5, 0.6) is 11.5 Å². The summed E-state index contributed by atoms with van der Waals surface area (Å²) in [7, 11) is 0. The fourth-order valence-electron chi connectivity index (χ4n) is 6.93.